The first-order chi connectivity index (χ1) is 8.63. The molecule has 0 aromatic heterocycles. The highest BCUT2D eigenvalue weighted by Gasteiger charge is 2.23. The first-order valence-corrected chi connectivity index (χ1v) is 6.54. The number of hydrogen-bond donors (Lipinski definition) is 1. The fourth-order valence-corrected chi connectivity index (χ4v) is 2.72. The van der Waals surface area contributed by atoms with Crippen LogP contribution < -0.4 is 4.74 Å². The summed E-state index contributed by atoms with van der Waals surface area (Å²) >= 11 is 0. The van der Waals surface area contributed by atoms with Crippen LogP contribution in [-0.4, -0.2) is 18.2 Å². The Hall–Kier alpha value is -1.51. The summed E-state index contributed by atoms with van der Waals surface area (Å²) in [5.74, 6) is 0.178. The Morgan fingerprint density at radius 3 is 2.61 bits per heavy atom. The van der Waals surface area contributed by atoms with E-state index in [1.165, 1.54) is 31.2 Å². The maximum atomic E-state index is 11.1. The van der Waals surface area contributed by atoms with Crippen molar-refractivity contribution in [1.29, 1.82) is 0 Å². The summed E-state index contributed by atoms with van der Waals surface area (Å²) in [5.41, 5.74) is 2.05. The summed E-state index contributed by atoms with van der Waals surface area (Å²) in [6.07, 6.45) is 4.88. The minimum absolute atomic E-state index is 0.462. The van der Waals surface area contributed by atoms with Crippen molar-refractivity contribution in [3.8, 4) is 5.75 Å². The Balaban J connectivity index is 2.35. The van der Waals surface area contributed by atoms with Gasteiger partial charge in [-0.1, -0.05) is 25.0 Å². The minimum Gasteiger partial charge on any atom is -0.496 e. The van der Waals surface area contributed by atoms with Gasteiger partial charge in [-0.3, -0.25) is 4.79 Å². The van der Waals surface area contributed by atoms with E-state index in [-0.39, 0.29) is 0 Å². The number of carboxylic acids is 1. The summed E-state index contributed by atoms with van der Waals surface area (Å²) in [4.78, 5) is 11.1. The van der Waals surface area contributed by atoms with E-state index in [9.17, 15) is 4.79 Å². The molecule has 1 fully saturated rings. The SMILES string of the molecule is COc1ccc(C(C)C(=O)O)cc1C1CCCC1. The van der Waals surface area contributed by atoms with Gasteiger partial charge in [0.2, 0.25) is 0 Å². The van der Waals surface area contributed by atoms with Gasteiger partial charge in [-0.15, -0.1) is 0 Å². The van der Waals surface area contributed by atoms with Crippen LogP contribution in [0.2, 0.25) is 0 Å². The van der Waals surface area contributed by atoms with Crippen LogP contribution in [-0.2, 0) is 4.79 Å². The third kappa shape index (κ3) is 2.50. The number of carboxylic acid groups (broad SMARTS) is 1. The molecule has 3 nitrogen and oxygen atoms in total. The van der Waals surface area contributed by atoms with Crippen LogP contribution in [0.5, 0.6) is 5.75 Å². The predicted molar refractivity (Wildman–Crippen MR) is 70.3 cm³/mol. The van der Waals surface area contributed by atoms with E-state index in [0.717, 1.165) is 11.3 Å². The van der Waals surface area contributed by atoms with Crippen LogP contribution in [0.1, 0.15) is 55.6 Å². The van der Waals surface area contributed by atoms with Crippen LogP contribution >= 0.6 is 0 Å². The lowest BCUT2D eigenvalue weighted by atomic mass is 9.91. The number of hydrogen-bond acceptors (Lipinski definition) is 2. The third-order valence-electron chi connectivity index (χ3n) is 3.92. The molecule has 0 radical (unpaired) electrons. The molecule has 98 valence electrons. The predicted octanol–water partition coefficient (Wildman–Crippen LogP) is 3.54. The van der Waals surface area contributed by atoms with Gasteiger partial charge in [0.1, 0.15) is 5.75 Å². The highest BCUT2D eigenvalue weighted by Crippen LogP contribution is 2.39. The lowest BCUT2D eigenvalue weighted by Gasteiger charge is -2.17. The molecule has 1 aliphatic carbocycles. The minimum atomic E-state index is -0.780. The van der Waals surface area contributed by atoms with E-state index < -0.39 is 11.9 Å². The van der Waals surface area contributed by atoms with Gasteiger partial charge >= 0.3 is 5.97 Å². The van der Waals surface area contributed by atoms with E-state index in [4.69, 9.17) is 9.84 Å². The molecule has 0 amide bonds. The molecule has 0 saturated heterocycles. The molecule has 0 aliphatic heterocycles. The zero-order chi connectivity index (χ0) is 13.1. The van der Waals surface area contributed by atoms with Crippen molar-refractivity contribution in [2.75, 3.05) is 7.11 Å². The van der Waals surface area contributed by atoms with Gasteiger partial charge in [0.15, 0.2) is 0 Å². The van der Waals surface area contributed by atoms with Crippen molar-refractivity contribution in [1.82, 2.24) is 0 Å². The van der Waals surface area contributed by atoms with Crippen molar-refractivity contribution < 1.29 is 14.6 Å². The van der Waals surface area contributed by atoms with E-state index in [2.05, 4.69) is 0 Å². The largest absolute Gasteiger partial charge is 0.496 e. The van der Waals surface area contributed by atoms with Crippen molar-refractivity contribution in [3.05, 3.63) is 29.3 Å². The van der Waals surface area contributed by atoms with Crippen LogP contribution in [0.25, 0.3) is 0 Å². The number of aliphatic carboxylic acids is 1. The number of benzene rings is 1. The highest BCUT2D eigenvalue weighted by atomic mass is 16.5. The highest BCUT2D eigenvalue weighted by molar-refractivity contribution is 5.75. The molecule has 18 heavy (non-hydrogen) atoms. The maximum Gasteiger partial charge on any atom is 0.310 e. The van der Waals surface area contributed by atoms with Crippen LogP contribution in [0, 0.1) is 0 Å². The molecular weight excluding hydrogens is 228 g/mol. The molecule has 1 aromatic rings. The lowest BCUT2D eigenvalue weighted by molar-refractivity contribution is -0.138. The quantitative estimate of drug-likeness (QED) is 0.886. The first-order valence-electron chi connectivity index (χ1n) is 6.54. The molecule has 1 atom stereocenters. The fourth-order valence-electron chi connectivity index (χ4n) is 2.72. The molecule has 1 unspecified atom stereocenters. The second kappa shape index (κ2) is 5.42. The Morgan fingerprint density at radius 1 is 1.39 bits per heavy atom. The van der Waals surface area contributed by atoms with Crippen molar-refractivity contribution in [2.24, 2.45) is 0 Å². The molecule has 1 saturated carbocycles. The van der Waals surface area contributed by atoms with E-state index in [1.807, 2.05) is 18.2 Å². The zero-order valence-electron chi connectivity index (χ0n) is 11.0. The third-order valence-corrected chi connectivity index (χ3v) is 3.92. The summed E-state index contributed by atoms with van der Waals surface area (Å²) in [6.45, 7) is 1.72. The second-order valence-electron chi connectivity index (χ2n) is 5.04. The van der Waals surface area contributed by atoms with Gasteiger partial charge < -0.3 is 9.84 Å². The van der Waals surface area contributed by atoms with E-state index >= 15 is 0 Å². The fraction of sp³-hybridized carbons (Fsp3) is 0.533. The normalized spacial score (nSPS) is 17.7. The average Bonchev–Trinajstić information content (AvgIpc) is 2.90. The second-order valence-corrected chi connectivity index (χ2v) is 5.04. The Bertz CT molecular complexity index is 433. The van der Waals surface area contributed by atoms with Gasteiger partial charge in [0, 0.05) is 0 Å². The van der Waals surface area contributed by atoms with Gasteiger partial charge in [0.25, 0.3) is 0 Å². The smallest absolute Gasteiger partial charge is 0.310 e. The average molecular weight is 248 g/mol. The van der Waals surface area contributed by atoms with Gasteiger partial charge in [-0.05, 0) is 42.9 Å². The van der Waals surface area contributed by atoms with E-state index in [0.29, 0.717) is 5.92 Å². The number of carbonyl (C=O) groups is 1. The summed E-state index contributed by atoms with van der Waals surface area (Å²) in [7, 11) is 1.67. The molecule has 1 N–H and O–H groups in total. The topological polar surface area (TPSA) is 46.5 Å². The van der Waals surface area contributed by atoms with Crippen molar-refractivity contribution in [3.63, 3.8) is 0 Å². The summed E-state index contributed by atoms with van der Waals surface area (Å²) < 4.78 is 5.41. The number of ether oxygens (including phenoxy) is 1. The number of methoxy groups -OCH3 is 1. The molecule has 2 rings (SSSR count). The van der Waals surface area contributed by atoms with Gasteiger partial charge in [-0.25, -0.2) is 0 Å². The molecule has 3 heteroatoms. The number of rotatable bonds is 4. The molecule has 1 aromatic carbocycles. The Kier molecular flexibility index (Phi) is 3.90. The first kappa shape index (κ1) is 12.9. The molecule has 1 aliphatic rings. The van der Waals surface area contributed by atoms with Gasteiger partial charge in [-0.2, -0.15) is 0 Å². The standard InChI is InChI=1S/C15H20O3/c1-10(15(16)17)12-7-8-14(18-2)13(9-12)11-5-3-4-6-11/h7-11H,3-6H2,1-2H3,(H,16,17). The van der Waals surface area contributed by atoms with E-state index in [1.54, 1.807) is 14.0 Å². The van der Waals surface area contributed by atoms with Crippen LogP contribution in [0.4, 0.5) is 0 Å². The molecule has 0 heterocycles. The maximum absolute atomic E-state index is 11.1. The molecule has 0 bridgehead atoms. The molecular formula is C15H20O3. The summed E-state index contributed by atoms with van der Waals surface area (Å²) in [5, 5.41) is 9.09. The Morgan fingerprint density at radius 2 is 2.06 bits per heavy atom. The van der Waals surface area contributed by atoms with Gasteiger partial charge in [0.05, 0.1) is 13.0 Å². The van der Waals surface area contributed by atoms with Crippen molar-refractivity contribution in [2.45, 2.75) is 44.4 Å². The Labute approximate surface area is 108 Å². The van der Waals surface area contributed by atoms with Crippen LogP contribution in [0.15, 0.2) is 18.2 Å². The lowest BCUT2D eigenvalue weighted by Crippen LogP contribution is -2.08. The molecule has 0 spiro atoms. The summed E-state index contributed by atoms with van der Waals surface area (Å²) in [6, 6.07) is 5.78. The zero-order valence-corrected chi connectivity index (χ0v) is 11.0. The van der Waals surface area contributed by atoms with Crippen LogP contribution in [0.3, 0.4) is 0 Å². The van der Waals surface area contributed by atoms with Crippen molar-refractivity contribution >= 4 is 5.97 Å². The monoisotopic (exact) mass is 248 g/mol.